The molecule has 170 valence electrons. The minimum Gasteiger partial charge on any atom is -0.299 e. The lowest BCUT2D eigenvalue weighted by atomic mass is 9.57. The average molecular weight is 461 g/mol. The van der Waals surface area contributed by atoms with E-state index in [2.05, 4.69) is 13.0 Å². The van der Waals surface area contributed by atoms with Gasteiger partial charge in [-0.3, -0.25) is 13.9 Å². The summed E-state index contributed by atoms with van der Waals surface area (Å²) in [5, 5.41) is 0. The molecule has 6 unspecified atom stereocenters. The van der Waals surface area contributed by atoms with Crippen LogP contribution in [0, 0.1) is 39.9 Å². The molecule has 4 aliphatic rings. The minimum atomic E-state index is -4.31. The molecular weight excluding hydrogens is 428 g/mol. The second kappa shape index (κ2) is 6.62. The third-order valence-electron chi connectivity index (χ3n) is 8.82. The monoisotopic (exact) mass is 460 g/mol. The van der Waals surface area contributed by atoms with Crippen molar-refractivity contribution >= 4 is 26.0 Å². The lowest BCUT2D eigenvalue weighted by molar-refractivity contribution is -0.129. The van der Waals surface area contributed by atoms with E-state index in [1.807, 2.05) is 13.8 Å². The molecule has 0 aromatic heterocycles. The van der Waals surface area contributed by atoms with Crippen molar-refractivity contribution in [3.63, 3.8) is 0 Å². The van der Waals surface area contributed by atoms with Crippen LogP contribution in [0.4, 0.5) is 0 Å². The highest BCUT2D eigenvalue weighted by Gasteiger charge is 2.70. The van der Waals surface area contributed by atoms with Crippen molar-refractivity contribution in [3.05, 3.63) is 11.6 Å². The summed E-state index contributed by atoms with van der Waals surface area (Å²) in [5.41, 5.74) is -0.925. The van der Waals surface area contributed by atoms with Crippen LogP contribution in [0.2, 0.25) is 0 Å². The van der Waals surface area contributed by atoms with Crippen molar-refractivity contribution in [2.24, 2.45) is 39.9 Å². The Morgan fingerprint density at radius 3 is 2.23 bits per heavy atom. The van der Waals surface area contributed by atoms with Gasteiger partial charge in [-0.05, 0) is 66.6 Å². The molecule has 0 heterocycles. The molecule has 4 bridgehead atoms. The van der Waals surface area contributed by atoms with Crippen LogP contribution in [0.1, 0.15) is 59.3 Å². The number of Topliss-reactive ketones (excluding diaryl/α,β-unsaturated/α-hetero) is 1. The van der Waals surface area contributed by atoms with Crippen molar-refractivity contribution in [1.29, 1.82) is 0 Å². The normalized spacial score (nSPS) is 43.0. The number of fused-ring (bicyclic) bond motifs is 4. The number of allylic oxidation sites excluding steroid dienone is 2. The second-order valence-corrected chi connectivity index (χ2v) is 14.1. The molecule has 7 nitrogen and oxygen atoms in total. The number of carbonyl (C=O) groups excluding carboxylic acids is 1. The Balaban J connectivity index is 1.69. The maximum absolute atomic E-state index is 12.9. The molecule has 30 heavy (non-hydrogen) atoms. The van der Waals surface area contributed by atoms with Gasteiger partial charge < -0.3 is 0 Å². The van der Waals surface area contributed by atoms with Crippen LogP contribution in [0.5, 0.6) is 0 Å². The summed E-state index contributed by atoms with van der Waals surface area (Å²) in [4.78, 5) is 12.9. The number of hydrogen-bond acceptors (Lipinski definition) is 5. The Bertz CT molecular complexity index is 1010. The van der Waals surface area contributed by atoms with Crippen molar-refractivity contribution in [3.8, 4) is 0 Å². The maximum atomic E-state index is 12.9. The fourth-order valence-corrected chi connectivity index (χ4v) is 10.4. The van der Waals surface area contributed by atoms with Gasteiger partial charge in [0.1, 0.15) is 5.78 Å². The first-order valence-corrected chi connectivity index (χ1v) is 13.9. The predicted octanol–water partition coefficient (Wildman–Crippen LogP) is 3.14. The number of carbonyl (C=O) groups is 1. The van der Waals surface area contributed by atoms with Crippen LogP contribution in [0.25, 0.3) is 0 Å². The molecule has 0 aliphatic heterocycles. The summed E-state index contributed by atoms with van der Waals surface area (Å²) in [6, 6.07) is 0. The first-order valence-electron chi connectivity index (χ1n) is 10.7. The highest BCUT2D eigenvalue weighted by atomic mass is 32.2. The molecule has 0 aromatic carbocycles. The molecule has 6 atom stereocenters. The molecule has 9 heteroatoms. The first-order chi connectivity index (χ1) is 13.6. The van der Waals surface area contributed by atoms with Crippen LogP contribution in [-0.2, 0) is 25.0 Å². The standard InChI is InChI=1S/C21H32O7S2/c1-13-4-14-5-15(9-20(7-13,8-14)11-29(23,24)25)16-10-21(12-30(26,27)28)18(22)6-17(16)19(21,2)3/h4,13,15-17H,5-12H2,1-3H3,(H,23,24,25)(H,26,27,28). The Morgan fingerprint density at radius 2 is 1.63 bits per heavy atom. The molecule has 0 radical (unpaired) electrons. The summed E-state index contributed by atoms with van der Waals surface area (Å²) >= 11 is 0. The molecular formula is C21H32O7S2. The summed E-state index contributed by atoms with van der Waals surface area (Å²) in [6.07, 6.45) is 5.79. The topological polar surface area (TPSA) is 126 Å². The summed E-state index contributed by atoms with van der Waals surface area (Å²) in [7, 11) is -8.44. The van der Waals surface area contributed by atoms with Gasteiger partial charge in [0, 0.05) is 6.42 Å². The molecule has 0 amide bonds. The van der Waals surface area contributed by atoms with Gasteiger partial charge in [0.2, 0.25) is 0 Å². The van der Waals surface area contributed by atoms with E-state index < -0.39 is 42.2 Å². The molecule has 2 N–H and O–H groups in total. The van der Waals surface area contributed by atoms with E-state index in [0.717, 1.165) is 6.42 Å². The number of hydrogen-bond donors (Lipinski definition) is 2. The summed E-state index contributed by atoms with van der Waals surface area (Å²) < 4.78 is 66.4. The highest BCUT2D eigenvalue weighted by molar-refractivity contribution is 7.86. The van der Waals surface area contributed by atoms with Crippen LogP contribution in [-0.4, -0.2) is 43.2 Å². The van der Waals surface area contributed by atoms with Crippen LogP contribution < -0.4 is 0 Å². The fourth-order valence-electron chi connectivity index (χ4n) is 7.98. The van der Waals surface area contributed by atoms with Gasteiger partial charge in [0.25, 0.3) is 20.2 Å². The largest absolute Gasteiger partial charge is 0.299 e. The van der Waals surface area contributed by atoms with Gasteiger partial charge in [-0.2, -0.15) is 16.8 Å². The van der Waals surface area contributed by atoms with E-state index in [4.69, 9.17) is 0 Å². The molecule has 4 rings (SSSR count). The smallest absolute Gasteiger partial charge is 0.265 e. The second-order valence-electron chi connectivity index (χ2n) is 11.2. The Hall–Kier alpha value is -0.770. The SMILES string of the molecule is CC1C=C2CC(C3CC4(CS(=O)(=O)O)C(=O)CC3C4(C)C)CC(CS(=O)(=O)O)(C2)C1. The van der Waals surface area contributed by atoms with Gasteiger partial charge in [-0.1, -0.05) is 32.4 Å². The van der Waals surface area contributed by atoms with Gasteiger partial charge >= 0.3 is 0 Å². The first kappa shape index (κ1) is 22.4. The van der Waals surface area contributed by atoms with E-state index in [-0.39, 0.29) is 35.2 Å². The Labute approximate surface area is 179 Å². The van der Waals surface area contributed by atoms with Crippen molar-refractivity contribution in [1.82, 2.24) is 0 Å². The molecule has 3 fully saturated rings. The van der Waals surface area contributed by atoms with E-state index in [1.54, 1.807) is 0 Å². The van der Waals surface area contributed by atoms with E-state index in [1.165, 1.54) is 5.57 Å². The minimum absolute atomic E-state index is 0.0105. The molecule has 0 saturated heterocycles. The number of rotatable bonds is 5. The molecule has 4 aliphatic carbocycles. The Morgan fingerprint density at radius 1 is 1.00 bits per heavy atom. The van der Waals surface area contributed by atoms with Crippen molar-refractivity contribution < 1.29 is 30.7 Å². The molecule has 0 aromatic rings. The van der Waals surface area contributed by atoms with Gasteiger partial charge in [-0.15, -0.1) is 0 Å². The lowest BCUT2D eigenvalue weighted by Gasteiger charge is -2.49. The zero-order valence-electron chi connectivity index (χ0n) is 17.8. The highest BCUT2D eigenvalue weighted by Crippen LogP contribution is 2.69. The molecule has 3 saturated carbocycles. The third kappa shape index (κ3) is 3.59. The predicted molar refractivity (Wildman–Crippen MR) is 112 cm³/mol. The van der Waals surface area contributed by atoms with Gasteiger partial charge in [-0.25, -0.2) is 0 Å². The zero-order valence-corrected chi connectivity index (χ0v) is 19.4. The van der Waals surface area contributed by atoms with Gasteiger partial charge in [0.15, 0.2) is 0 Å². The molecule has 0 spiro atoms. The van der Waals surface area contributed by atoms with Crippen molar-refractivity contribution in [2.45, 2.75) is 59.3 Å². The zero-order chi connectivity index (χ0) is 22.3. The summed E-state index contributed by atoms with van der Waals surface area (Å²) in [6.45, 7) is 5.94. The maximum Gasteiger partial charge on any atom is 0.265 e. The van der Waals surface area contributed by atoms with Gasteiger partial charge in [0.05, 0.1) is 16.9 Å². The fraction of sp³-hybridized carbons (Fsp3) is 0.857. The van der Waals surface area contributed by atoms with Crippen LogP contribution in [0.15, 0.2) is 11.6 Å². The van der Waals surface area contributed by atoms with Crippen LogP contribution in [0.3, 0.4) is 0 Å². The Kier molecular flexibility index (Phi) is 4.95. The average Bonchev–Trinajstić information content (AvgIpc) is 2.81. The van der Waals surface area contributed by atoms with E-state index in [9.17, 15) is 30.7 Å². The van der Waals surface area contributed by atoms with E-state index in [0.29, 0.717) is 32.1 Å². The quantitative estimate of drug-likeness (QED) is 0.477. The lowest BCUT2D eigenvalue weighted by Crippen LogP contribution is -2.44. The number of ketones is 1. The van der Waals surface area contributed by atoms with E-state index >= 15 is 0 Å². The third-order valence-corrected chi connectivity index (χ3v) is 10.7. The van der Waals surface area contributed by atoms with Crippen LogP contribution >= 0.6 is 0 Å². The van der Waals surface area contributed by atoms with Crippen molar-refractivity contribution in [2.75, 3.05) is 11.5 Å². The summed E-state index contributed by atoms with van der Waals surface area (Å²) in [5.74, 6) is -0.382.